The lowest BCUT2D eigenvalue weighted by molar-refractivity contribution is 0.137. The van der Waals surface area contributed by atoms with Crippen LogP contribution in [0.4, 0.5) is 0 Å². The molecule has 1 unspecified atom stereocenters. The van der Waals surface area contributed by atoms with Gasteiger partial charge in [0.05, 0.1) is 6.61 Å². The Morgan fingerprint density at radius 3 is 2.61 bits per heavy atom. The maximum atomic E-state index is 5.79. The van der Waals surface area contributed by atoms with Gasteiger partial charge in [-0.1, -0.05) is 25.1 Å². The molecule has 0 aromatic heterocycles. The average molecular weight is 251 g/mol. The second-order valence-corrected chi connectivity index (χ2v) is 4.21. The van der Waals surface area contributed by atoms with Crippen molar-refractivity contribution in [3.63, 3.8) is 0 Å². The highest BCUT2D eigenvalue weighted by Gasteiger charge is 2.13. The normalized spacial score (nSPS) is 12.4. The molecule has 1 N–H and O–H groups in total. The second kappa shape index (κ2) is 8.95. The van der Waals surface area contributed by atoms with Crippen LogP contribution in [-0.4, -0.2) is 26.9 Å². The van der Waals surface area contributed by atoms with E-state index in [0.29, 0.717) is 0 Å². The lowest BCUT2D eigenvalue weighted by Gasteiger charge is -2.20. The van der Waals surface area contributed by atoms with Gasteiger partial charge in [0.15, 0.2) is 0 Å². The number of ether oxygens (including phenoxy) is 2. The molecule has 1 aromatic carbocycles. The highest BCUT2D eigenvalue weighted by molar-refractivity contribution is 5.35. The van der Waals surface area contributed by atoms with E-state index in [1.165, 1.54) is 5.56 Å². The summed E-state index contributed by atoms with van der Waals surface area (Å²) in [5.41, 5.74) is 1.22. The molecule has 0 saturated heterocycles. The van der Waals surface area contributed by atoms with Crippen LogP contribution in [0.5, 0.6) is 5.75 Å². The van der Waals surface area contributed by atoms with Crippen LogP contribution in [0.2, 0.25) is 0 Å². The quantitative estimate of drug-likeness (QED) is 0.684. The summed E-state index contributed by atoms with van der Waals surface area (Å²) in [7, 11) is 1.98. The minimum absolute atomic E-state index is 0.282. The molecular formula is C15H25NO2. The van der Waals surface area contributed by atoms with Crippen LogP contribution in [-0.2, 0) is 4.74 Å². The van der Waals surface area contributed by atoms with E-state index in [-0.39, 0.29) is 6.04 Å². The molecule has 18 heavy (non-hydrogen) atoms. The van der Waals surface area contributed by atoms with Gasteiger partial charge in [0, 0.05) is 24.8 Å². The number of benzene rings is 1. The molecule has 0 heterocycles. The summed E-state index contributed by atoms with van der Waals surface area (Å²) in [6.07, 6.45) is 1.98. The highest BCUT2D eigenvalue weighted by atomic mass is 16.5. The van der Waals surface area contributed by atoms with Crippen molar-refractivity contribution < 1.29 is 9.47 Å². The summed E-state index contributed by atoms with van der Waals surface area (Å²) < 4.78 is 11.2. The van der Waals surface area contributed by atoms with Gasteiger partial charge in [-0.25, -0.2) is 0 Å². The van der Waals surface area contributed by atoms with Gasteiger partial charge in [-0.3, -0.25) is 0 Å². The number of nitrogens with one attached hydrogen (secondary N) is 1. The highest BCUT2D eigenvalue weighted by Crippen LogP contribution is 2.27. The Morgan fingerprint density at radius 1 is 1.17 bits per heavy atom. The van der Waals surface area contributed by atoms with Gasteiger partial charge in [0.2, 0.25) is 0 Å². The Balaban J connectivity index is 2.70. The maximum absolute atomic E-state index is 5.79. The van der Waals surface area contributed by atoms with E-state index < -0.39 is 0 Å². The van der Waals surface area contributed by atoms with Gasteiger partial charge in [0.25, 0.3) is 0 Å². The van der Waals surface area contributed by atoms with Crippen molar-refractivity contribution in [3.8, 4) is 5.75 Å². The number of hydrogen-bond donors (Lipinski definition) is 1. The average Bonchev–Trinajstić information content (AvgIpc) is 2.42. The fourth-order valence-electron chi connectivity index (χ4n) is 1.91. The zero-order valence-corrected chi connectivity index (χ0v) is 11.7. The molecule has 3 heteroatoms. The van der Waals surface area contributed by atoms with E-state index in [9.17, 15) is 0 Å². The molecule has 0 amide bonds. The summed E-state index contributed by atoms with van der Waals surface area (Å²) in [4.78, 5) is 0. The van der Waals surface area contributed by atoms with Gasteiger partial charge >= 0.3 is 0 Å². The summed E-state index contributed by atoms with van der Waals surface area (Å²) in [5, 5.41) is 3.33. The molecule has 0 fully saturated rings. The van der Waals surface area contributed by atoms with Crippen molar-refractivity contribution >= 4 is 0 Å². The van der Waals surface area contributed by atoms with E-state index >= 15 is 0 Å². The zero-order valence-electron chi connectivity index (χ0n) is 11.7. The van der Waals surface area contributed by atoms with Crippen molar-refractivity contribution in [2.45, 2.75) is 32.7 Å². The Labute approximate surface area is 110 Å². The fraction of sp³-hybridized carbons (Fsp3) is 0.600. The van der Waals surface area contributed by atoms with Gasteiger partial charge in [0.1, 0.15) is 5.75 Å². The monoisotopic (exact) mass is 251 g/mol. The molecule has 0 saturated carbocycles. The molecule has 1 rings (SSSR count). The minimum Gasteiger partial charge on any atom is -0.493 e. The van der Waals surface area contributed by atoms with Crippen molar-refractivity contribution in [1.82, 2.24) is 5.32 Å². The van der Waals surface area contributed by atoms with Crippen LogP contribution in [0, 0.1) is 0 Å². The van der Waals surface area contributed by atoms with Crippen LogP contribution >= 0.6 is 0 Å². The number of hydrogen-bond acceptors (Lipinski definition) is 3. The molecule has 0 bridgehead atoms. The Bertz CT molecular complexity index is 328. The lowest BCUT2D eigenvalue weighted by atomic mass is 10.0. The summed E-state index contributed by atoms with van der Waals surface area (Å²) in [5.74, 6) is 0.982. The van der Waals surface area contributed by atoms with Crippen LogP contribution in [0.25, 0.3) is 0 Å². The van der Waals surface area contributed by atoms with Gasteiger partial charge < -0.3 is 14.8 Å². The molecule has 0 spiro atoms. The molecule has 0 aliphatic heterocycles. The lowest BCUT2D eigenvalue weighted by Crippen LogP contribution is -2.19. The first-order valence-corrected chi connectivity index (χ1v) is 6.80. The van der Waals surface area contributed by atoms with E-state index in [2.05, 4.69) is 24.4 Å². The smallest absolute Gasteiger partial charge is 0.124 e. The molecule has 102 valence electrons. The molecule has 0 aliphatic carbocycles. The first-order chi connectivity index (χ1) is 8.83. The van der Waals surface area contributed by atoms with Crippen LogP contribution in [0.3, 0.4) is 0 Å². The van der Waals surface area contributed by atoms with Crippen LogP contribution < -0.4 is 10.1 Å². The molecule has 3 nitrogen and oxygen atoms in total. The Morgan fingerprint density at radius 2 is 1.94 bits per heavy atom. The summed E-state index contributed by atoms with van der Waals surface area (Å²) in [6.45, 7) is 6.44. The third kappa shape index (κ3) is 4.67. The van der Waals surface area contributed by atoms with E-state index in [4.69, 9.17) is 9.47 Å². The largest absolute Gasteiger partial charge is 0.493 e. The predicted molar refractivity (Wildman–Crippen MR) is 75.1 cm³/mol. The van der Waals surface area contributed by atoms with Crippen LogP contribution in [0.1, 0.15) is 38.3 Å². The molecular weight excluding hydrogens is 226 g/mol. The number of para-hydroxylation sites is 1. The van der Waals surface area contributed by atoms with Crippen molar-refractivity contribution in [2.75, 3.05) is 26.9 Å². The predicted octanol–water partition coefficient (Wildman–Crippen LogP) is 3.16. The second-order valence-electron chi connectivity index (χ2n) is 4.21. The first kappa shape index (κ1) is 15.0. The third-order valence-electron chi connectivity index (χ3n) is 2.86. The summed E-state index contributed by atoms with van der Waals surface area (Å²) in [6, 6.07) is 8.52. The number of rotatable bonds is 9. The molecule has 0 aliphatic rings. The van der Waals surface area contributed by atoms with E-state index in [1.54, 1.807) is 0 Å². The van der Waals surface area contributed by atoms with Crippen LogP contribution in [0.15, 0.2) is 24.3 Å². The van der Waals surface area contributed by atoms with Crippen molar-refractivity contribution in [2.24, 2.45) is 0 Å². The van der Waals surface area contributed by atoms with Gasteiger partial charge in [-0.05, 0) is 32.9 Å². The topological polar surface area (TPSA) is 30.5 Å². The maximum Gasteiger partial charge on any atom is 0.124 e. The summed E-state index contributed by atoms with van der Waals surface area (Å²) >= 11 is 0. The van der Waals surface area contributed by atoms with E-state index in [1.807, 2.05) is 26.1 Å². The third-order valence-corrected chi connectivity index (χ3v) is 2.86. The Kier molecular flexibility index (Phi) is 7.46. The van der Waals surface area contributed by atoms with Gasteiger partial charge in [-0.15, -0.1) is 0 Å². The first-order valence-electron chi connectivity index (χ1n) is 6.80. The minimum atomic E-state index is 0.282. The zero-order chi connectivity index (χ0) is 13.2. The van der Waals surface area contributed by atoms with Gasteiger partial charge in [-0.2, -0.15) is 0 Å². The standard InChI is InChI=1S/C15H25NO2/c1-4-11-18-15-9-7-6-8-13(15)14(16-3)10-12-17-5-2/h6-9,14,16H,4-5,10-12H2,1-3H3. The van der Waals surface area contributed by atoms with Crippen molar-refractivity contribution in [3.05, 3.63) is 29.8 Å². The molecule has 1 aromatic rings. The SMILES string of the molecule is CCCOc1ccccc1C(CCOCC)NC. The fourth-order valence-corrected chi connectivity index (χ4v) is 1.91. The molecule has 1 atom stereocenters. The molecule has 0 radical (unpaired) electrons. The Hall–Kier alpha value is -1.06. The van der Waals surface area contributed by atoms with E-state index in [0.717, 1.165) is 38.4 Å². The van der Waals surface area contributed by atoms with Crippen molar-refractivity contribution in [1.29, 1.82) is 0 Å².